The molecule has 0 fully saturated rings. The number of benzene rings is 1. The van der Waals surface area contributed by atoms with Crippen molar-refractivity contribution in [2.45, 2.75) is 12.2 Å². The SMILES string of the molecule is O=C1CCSCc2c(Cl)cc(F)cc21. The highest BCUT2D eigenvalue weighted by Gasteiger charge is 2.19. The molecule has 0 unspecified atom stereocenters. The number of ketones is 1. The molecule has 0 spiro atoms. The summed E-state index contributed by atoms with van der Waals surface area (Å²) in [7, 11) is 0. The van der Waals surface area contributed by atoms with E-state index in [2.05, 4.69) is 0 Å². The number of Topliss-reactive ketones (excluding diaryl/α,β-unsaturated/α-hetero) is 1. The Labute approximate surface area is 90.6 Å². The number of fused-ring (bicyclic) bond motifs is 1. The summed E-state index contributed by atoms with van der Waals surface area (Å²) in [5, 5.41) is 0.364. The first-order chi connectivity index (χ1) is 6.68. The maximum atomic E-state index is 13.0. The first-order valence-electron chi connectivity index (χ1n) is 4.27. The van der Waals surface area contributed by atoms with Crippen molar-refractivity contribution < 1.29 is 9.18 Å². The average Bonchev–Trinajstić information content (AvgIpc) is 2.29. The van der Waals surface area contributed by atoms with Gasteiger partial charge in [0.1, 0.15) is 5.82 Å². The van der Waals surface area contributed by atoms with Gasteiger partial charge in [0.2, 0.25) is 0 Å². The van der Waals surface area contributed by atoms with E-state index in [0.29, 0.717) is 22.8 Å². The molecule has 0 aliphatic carbocycles. The Morgan fingerprint density at radius 1 is 1.43 bits per heavy atom. The first kappa shape index (κ1) is 9.99. The minimum atomic E-state index is -0.436. The van der Waals surface area contributed by atoms with Crippen molar-refractivity contribution in [1.82, 2.24) is 0 Å². The molecule has 1 aliphatic heterocycles. The van der Waals surface area contributed by atoms with Crippen LogP contribution >= 0.6 is 23.4 Å². The highest BCUT2D eigenvalue weighted by atomic mass is 35.5. The fraction of sp³-hybridized carbons (Fsp3) is 0.300. The van der Waals surface area contributed by atoms with E-state index in [1.807, 2.05) is 0 Å². The Balaban J connectivity index is 2.58. The van der Waals surface area contributed by atoms with Gasteiger partial charge in [-0.1, -0.05) is 11.6 Å². The van der Waals surface area contributed by atoms with Gasteiger partial charge in [0.05, 0.1) is 0 Å². The van der Waals surface area contributed by atoms with Gasteiger partial charge >= 0.3 is 0 Å². The maximum Gasteiger partial charge on any atom is 0.164 e. The van der Waals surface area contributed by atoms with Crippen molar-refractivity contribution >= 4 is 29.1 Å². The number of thioether (sulfide) groups is 1. The molecule has 0 amide bonds. The zero-order chi connectivity index (χ0) is 10.1. The van der Waals surface area contributed by atoms with Crippen LogP contribution in [-0.4, -0.2) is 11.5 Å². The van der Waals surface area contributed by atoms with Crippen LogP contribution in [0.4, 0.5) is 4.39 Å². The van der Waals surface area contributed by atoms with Crippen LogP contribution in [0.5, 0.6) is 0 Å². The first-order valence-corrected chi connectivity index (χ1v) is 5.80. The summed E-state index contributed by atoms with van der Waals surface area (Å²) >= 11 is 7.53. The summed E-state index contributed by atoms with van der Waals surface area (Å²) in [6.45, 7) is 0. The van der Waals surface area contributed by atoms with E-state index in [1.165, 1.54) is 12.1 Å². The molecule has 0 bridgehead atoms. The van der Waals surface area contributed by atoms with E-state index in [0.717, 1.165) is 11.3 Å². The number of hydrogen-bond acceptors (Lipinski definition) is 2. The Morgan fingerprint density at radius 3 is 3.00 bits per heavy atom. The van der Waals surface area contributed by atoms with Crippen LogP contribution in [0, 0.1) is 5.82 Å². The van der Waals surface area contributed by atoms with Gasteiger partial charge in [-0.25, -0.2) is 4.39 Å². The molecule has 0 radical (unpaired) electrons. The smallest absolute Gasteiger partial charge is 0.164 e. The minimum absolute atomic E-state index is 0.00796. The number of rotatable bonds is 0. The van der Waals surface area contributed by atoms with Crippen molar-refractivity contribution in [2.24, 2.45) is 0 Å². The molecule has 1 aromatic carbocycles. The molecule has 4 heteroatoms. The van der Waals surface area contributed by atoms with E-state index in [-0.39, 0.29) is 5.78 Å². The Hall–Kier alpha value is -0.540. The fourth-order valence-corrected chi connectivity index (χ4v) is 2.81. The van der Waals surface area contributed by atoms with Crippen molar-refractivity contribution in [1.29, 1.82) is 0 Å². The third-order valence-electron chi connectivity index (χ3n) is 2.18. The molecule has 0 saturated heterocycles. The summed E-state index contributed by atoms with van der Waals surface area (Å²) in [4.78, 5) is 11.6. The van der Waals surface area contributed by atoms with Crippen LogP contribution in [0.2, 0.25) is 5.02 Å². The van der Waals surface area contributed by atoms with Gasteiger partial charge in [0, 0.05) is 28.5 Å². The van der Waals surface area contributed by atoms with E-state index < -0.39 is 5.82 Å². The summed E-state index contributed by atoms with van der Waals surface area (Å²) in [5.74, 6) is 1.03. The topological polar surface area (TPSA) is 17.1 Å². The number of hydrogen-bond donors (Lipinski definition) is 0. The summed E-state index contributed by atoms with van der Waals surface area (Å²) in [6.07, 6.45) is 0.470. The summed E-state index contributed by atoms with van der Waals surface area (Å²) in [5.41, 5.74) is 1.24. The van der Waals surface area contributed by atoms with Crippen LogP contribution in [0.1, 0.15) is 22.3 Å². The van der Waals surface area contributed by atoms with Crippen molar-refractivity contribution in [3.63, 3.8) is 0 Å². The average molecular weight is 231 g/mol. The van der Waals surface area contributed by atoms with E-state index >= 15 is 0 Å². The summed E-state index contributed by atoms with van der Waals surface area (Å²) in [6, 6.07) is 2.55. The molecule has 14 heavy (non-hydrogen) atoms. The van der Waals surface area contributed by atoms with Crippen molar-refractivity contribution in [2.75, 3.05) is 5.75 Å². The molecule has 0 aromatic heterocycles. The van der Waals surface area contributed by atoms with Gasteiger partial charge in [-0.3, -0.25) is 4.79 Å². The highest BCUT2D eigenvalue weighted by Crippen LogP contribution is 2.30. The van der Waals surface area contributed by atoms with Gasteiger partial charge in [-0.2, -0.15) is 11.8 Å². The molecule has 1 nitrogen and oxygen atoms in total. The third kappa shape index (κ3) is 1.79. The fourth-order valence-electron chi connectivity index (χ4n) is 1.47. The van der Waals surface area contributed by atoms with E-state index in [4.69, 9.17) is 11.6 Å². The molecule has 1 aromatic rings. The normalized spacial score (nSPS) is 16.3. The molecule has 2 rings (SSSR count). The molecular weight excluding hydrogens is 223 g/mol. The number of halogens is 2. The van der Waals surface area contributed by atoms with Gasteiger partial charge in [-0.15, -0.1) is 0 Å². The lowest BCUT2D eigenvalue weighted by molar-refractivity contribution is 0.0989. The second kappa shape index (κ2) is 3.91. The lowest BCUT2D eigenvalue weighted by Gasteiger charge is -2.06. The number of carbonyl (C=O) groups excluding carboxylic acids is 1. The monoisotopic (exact) mass is 230 g/mol. The Bertz CT molecular complexity index is 392. The quantitative estimate of drug-likeness (QED) is 0.680. The third-order valence-corrected chi connectivity index (χ3v) is 3.50. The standard InChI is InChI=1S/C10H8ClFOS/c11-9-4-6(12)3-7-8(9)5-14-2-1-10(7)13/h3-4H,1-2,5H2. The largest absolute Gasteiger partial charge is 0.294 e. The molecule has 0 saturated carbocycles. The van der Waals surface area contributed by atoms with E-state index in [1.54, 1.807) is 11.8 Å². The van der Waals surface area contributed by atoms with Crippen molar-refractivity contribution in [3.8, 4) is 0 Å². The maximum absolute atomic E-state index is 13.0. The lowest BCUT2D eigenvalue weighted by atomic mass is 10.0. The molecule has 1 heterocycles. The Kier molecular flexibility index (Phi) is 2.79. The lowest BCUT2D eigenvalue weighted by Crippen LogP contribution is -2.02. The molecule has 74 valence electrons. The van der Waals surface area contributed by atoms with E-state index in [9.17, 15) is 9.18 Å². The van der Waals surface area contributed by atoms with Gasteiger partial charge in [0.15, 0.2) is 5.78 Å². The van der Waals surface area contributed by atoms with Crippen LogP contribution in [-0.2, 0) is 5.75 Å². The predicted octanol–water partition coefficient (Wildman–Crippen LogP) is 3.30. The highest BCUT2D eigenvalue weighted by molar-refractivity contribution is 7.98. The van der Waals surface area contributed by atoms with Gasteiger partial charge in [0.25, 0.3) is 0 Å². The number of carbonyl (C=O) groups is 1. The zero-order valence-corrected chi connectivity index (χ0v) is 8.92. The molecular formula is C10H8ClFOS. The van der Waals surface area contributed by atoms with Gasteiger partial charge < -0.3 is 0 Å². The minimum Gasteiger partial charge on any atom is -0.294 e. The van der Waals surface area contributed by atoms with Crippen molar-refractivity contribution in [3.05, 3.63) is 34.1 Å². The van der Waals surface area contributed by atoms with Crippen LogP contribution < -0.4 is 0 Å². The molecule has 1 aliphatic rings. The molecule has 0 atom stereocenters. The Morgan fingerprint density at radius 2 is 2.21 bits per heavy atom. The zero-order valence-electron chi connectivity index (χ0n) is 7.35. The molecule has 0 N–H and O–H groups in total. The second-order valence-corrected chi connectivity index (χ2v) is 4.65. The van der Waals surface area contributed by atoms with Gasteiger partial charge in [-0.05, 0) is 17.7 Å². The summed E-state index contributed by atoms with van der Waals surface area (Å²) < 4.78 is 13.0. The van der Waals surface area contributed by atoms with Crippen LogP contribution in [0.25, 0.3) is 0 Å². The predicted molar refractivity (Wildman–Crippen MR) is 56.5 cm³/mol. The van der Waals surface area contributed by atoms with Crippen LogP contribution in [0.15, 0.2) is 12.1 Å². The van der Waals surface area contributed by atoms with Crippen LogP contribution in [0.3, 0.4) is 0 Å². The second-order valence-electron chi connectivity index (χ2n) is 3.14.